The topological polar surface area (TPSA) is 76.9 Å². The van der Waals surface area contributed by atoms with Gasteiger partial charge < -0.3 is 5.32 Å². The zero-order valence-corrected chi connectivity index (χ0v) is 19.5. The Morgan fingerprint density at radius 3 is 2.52 bits per heavy atom. The summed E-state index contributed by atoms with van der Waals surface area (Å²) in [6, 6.07) is 21.3. The summed E-state index contributed by atoms with van der Waals surface area (Å²) in [5, 5.41) is 3.60. The van der Waals surface area contributed by atoms with Crippen molar-refractivity contribution in [3.8, 4) is 0 Å². The summed E-state index contributed by atoms with van der Waals surface area (Å²) in [6.07, 6.45) is 2.22. The number of aromatic nitrogens is 3. The van der Waals surface area contributed by atoms with Crippen LogP contribution in [0.2, 0.25) is 0 Å². The molecule has 4 rings (SSSR count). The summed E-state index contributed by atoms with van der Waals surface area (Å²) >= 11 is 1.31. The molecule has 1 N–H and O–H groups in total. The van der Waals surface area contributed by atoms with Gasteiger partial charge in [0, 0.05) is 12.7 Å². The minimum absolute atomic E-state index is 0.0790. The molecule has 2 heterocycles. The first-order valence-corrected chi connectivity index (χ1v) is 11.8. The molecule has 0 unspecified atom stereocenters. The molecule has 6 nitrogen and oxygen atoms in total. The third kappa shape index (κ3) is 5.49. The van der Waals surface area contributed by atoms with E-state index in [1.165, 1.54) is 17.3 Å². The first-order chi connectivity index (χ1) is 16.0. The van der Waals surface area contributed by atoms with Gasteiger partial charge in [-0.2, -0.15) is 0 Å². The lowest BCUT2D eigenvalue weighted by molar-refractivity contribution is -0.120. The van der Waals surface area contributed by atoms with Crippen LogP contribution in [-0.4, -0.2) is 25.7 Å². The fourth-order valence-corrected chi connectivity index (χ4v) is 4.52. The Morgan fingerprint density at radius 2 is 1.79 bits per heavy atom. The second-order valence-corrected chi connectivity index (χ2v) is 9.03. The molecule has 0 bridgehead atoms. The lowest BCUT2D eigenvalue weighted by atomic mass is 10.1. The first kappa shape index (κ1) is 22.7. The van der Waals surface area contributed by atoms with Crippen LogP contribution in [0.25, 0.3) is 11.0 Å². The molecule has 33 heavy (non-hydrogen) atoms. The Bertz CT molecular complexity index is 1300. The number of carbonyl (C=O) groups excluding carboxylic acids is 1. The van der Waals surface area contributed by atoms with Crippen LogP contribution >= 0.6 is 11.8 Å². The lowest BCUT2D eigenvalue weighted by Crippen LogP contribution is -2.33. The number of nitrogens with one attached hydrogen (secondary N) is 1. The maximum atomic E-state index is 13.3. The van der Waals surface area contributed by atoms with Crippen molar-refractivity contribution in [1.29, 1.82) is 0 Å². The van der Waals surface area contributed by atoms with Gasteiger partial charge in [0.05, 0.1) is 17.2 Å². The number of hydrogen-bond acceptors (Lipinski definition) is 5. The number of aryl methyl sites for hydroxylation is 1. The van der Waals surface area contributed by atoms with Gasteiger partial charge >= 0.3 is 0 Å². The number of carbonyl (C=O) groups is 1. The summed E-state index contributed by atoms with van der Waals surface area (Å²) in [5.74, 6) is -0.0790. The van der Waals surface area contributed by atoms with Crippen molar-refractivity contribution in [3.63, 3.8) is 0 Å². The standard InChI is InChI=1S/C26H26N4O2S/c1-3-22(24(31)28-16-19-13-11-18(2)12-14-19)33-26-29-23-21(10-7-15-27-23)25(32)30(26)17-20-8-5-4-6-9-20/h4-15,22H,3,16-17H2,1-2H3,(H,28,31)/t22-/m1/s1. The van der Waals surface area contributed by atoms with E-state index in [4.69, 9.17) is 0 Å². The average molecular weight is 459 g/mol. The predicted octanol–water partition coefficient (Wildman–Crippen LogP) is 4.34. The Hall–Kier alpha value is -3.45. The smallest absolute Gasteiger partial charge is 0.263 e. The van der Waals surface area contributed by atoms with Gasteiger partial charge in [-0.25, -0.2) is 9.97 Å². The van der Waals surface area contributed by atoms with E-state index in [0.717, 1.165) is 11.1 Å². The molecule has 0 saturated carbocycles. The third-order valence-corrected chi connectivity index (χ3v) is 6.73. The van der Waals surface area contributed by atoms with Crippen LogP contribution in [-0.2, 0) is 17.9 Å². The van der Waals surface area contributed by atoms with E-state index in [1.54, 1.807) is 22.9 Å². The number of benzene rings is 2. The Morgan fingerprint density at radius 1 is 1.03 bits per heavy atom. The molecule has 0 aliphatic heterocycles. The molecule has 7 heteroatoms. The van der Waals surface area contributed by atoms with Crippen molar-refractivity contribution in [2.24, 2.45) is 0 Å². The molecule has 168 valence electrons. The van der Waals surface area contributed by atoms with Crippen molar-refractivity contribution in [3.05, 3.63) is 100.0 Å². The van der Waals surface area contributed by atoms with Gasteiger partial charge in [-0.1, -0.05) is 78.8 Å². The maximum absolute atomic E-state index is 13.3. The van der Waals surface area contributed by atoms with Crippen molar-refractivity contribution in [2.75, 3.05) is 0 Å². The fourth-order valence-electron chi connectivity index (χ4n) is 3.49. The number of fused-ring (bicyclic) bond motifs is 1. The molecule has 2 aromatic carbocycles. The monoisotopic (exact) mass is 458 g/mol. The van der Waals surface area contributed by atoms with Gasteiger partial charge in [0.25, 0.3) is 5.56 Å². The van der Waals surface area contributed by atoms with Gasteiger partial charge in [-0.15, -0.1) is 0 Å². The second kappa shape index (κ2) is 10.4. The number of pyridine rings is 1. The SMILES string of the molecule is CC[C@@H](Sc1nc2ncccc2c(=O)n1Cc1ccccc1)C(=O)NCc1ccc(C)cc1. The first-order valence-electron chi connectivity index (χ1n) is 10.9. The molecule has 1 amide bonds. The molecular weight excluding hydrogens is 432 g/mol. The van der Waals surface area contributed by atoms with E-state index < -0.39 is 0 Å². The van der Waals surface area contributed by atoms with E-state index in [2.05, 4.69) is 15.3 Å². The van der Waals surface area contributed by atoms with Crippen LogP contribution in [0.4, 0.5) is 0 Å². The normalized spacial score (nSPS) is 11.9. The number of rotatable bonds is 8. The van der Waals surface area contributed by atoms with Crippen LogP contribution in [0.1, 0.15) is 30.0 Å². The minimum atomic E-state index is -0.384. The highest BCUT2D eigenvalue weighted by molar-refractivity contribution is 8.00. The quantitative estimate of drug-likeness (QED) is 0.314. The van der Waals surface area contributed by atoms with E-state index in [1.807, 2.05) is 68.4 Å². The highest BCUT2D eigenvalue weighted by Crippen LogP contribution is 2.25. The van der Waals surface area contributed by atoms with Crippen LogP contribution in [0.15, 0.2) is 82.9 Å². The summed E-state index contributed by atoms with van der Waals surface area (Å²) in [7, 11) is 0. The molecule has 0 saturated heterocycles. The summed E-state index contributed by atoms with van der Waals surface area (Å²) in [5.41, 5.74) is 3.45. The van der Waals surface area contributed by atoms with Crippen molar-refractivity contribution in [1.82, 2.24) is 19.9 Å². The molecule has 0 radical (unpaired) electrons. The van der Waals surface area contributed by atoms with Crippen LogP contribution < -0.4 is 10.9 Å². The van der Waals surface area contributed by atoms with Gasteiger partial charge in [-0.3, -0.25) is 14.2 Å². The van der Waals surface area contributed by atoms with Crippen molar-refractivity contribution < 1.29 is 4.79 Å². The maximum Gasteiger partial charge on any atom is 0.263 e. The van der Waals surface area contributed by atoms with Crippen molar-refractivity contribution in [2.45, 2.75) is 43.8 Å². The number of nitrogens with zero attached hydrogens (tertiary/aromatic N) is 3. The number of amides is 1. The fraction of sp³-hybridized carbons (Fsp3) is 0.231. The highest BCUT2D eigenvalue weighted by Gasteiger charge is 2.22. The molecule has 0 aliphatic carbocycles. The van der Waals surface area contributed by atoms with Gasteiger partial charge in [-0.05, 0) is 36.6 Å². The average Bonchev–Trinajstić information content (AvgIpc) is 2.85. The van der Waals surface area contributed by atoms with E-state index in [-0.39, 0.29) is 16.7 Å². The van der Waals surface area contributed by atoms with Crippen LogP contribution in [0, 0.1) is 6.92 Å². The van der Waals surface area contributed by atoms with E-state index in [9.17, 15) is 9.59 Å². The molecule has 0 spiro atoms. The summed E-state index contributed by atoms with van der Waals surface area (Å²) in [6.45, 7) is 4.83. The van der Waals surface area contributed by atoms with Crippen LogP contribution in [0.5, 0.6) is 0 Å². The largest absolute Gasteiger partial charge is 0.351 e. The third-order valence-electron chi connectivity index (χ3n) is 5.38. The van der Waals surface area contributed by atoms with Crippen molar-refractivity contribution >= 4 is 28.7 Å². The van der Waals surface area contributed by atoms with Gasteiger partial charge in [0.1, 0.15) is 0 Å². The number of thioether (sulfide) groups is 1. The summed E-state index contributed by atoms with van der Waals surface area (Å²) in [4.78, 5) is 35.2. The zero-order valence-electron chi connectivity index (χ0n) is 18.7. The molecule has 2 aromatic heterocycles. The van der Waals surface area contributed by atoms with E-state index >= 15 is 0 Å². The lowest BCUT2D eigenvalue weighted by Gasteiger charge is -2.18. The van der Waals surface area contributed by atoms with E-state index in [0.29, 0.717) is 35.7 Å². The molecule has 4 aromatic rings. The minimum Gasteiger partial charge on any atom is -0.351 e. The van der Waals surface area contributed by atoms with Gasteiger partial charge in [0.15, 0.2) is 10.8 Å². The predicted molar refractivity (Wildman–Crippen MR) is 132 cm³/mol. The Labute approximate surface area is 197 Å². The molecule has 0 fully saturated rings. The van der Waals surface area contributed by atoms with Gasteiger partial charge in [0.2, 0.25) is 5.91 Å². The summed E-state index contributed by atoms with van der Waals surface area (Å²) < 4.78 is 1.64. The Balaban J connectivity index is 1.61. The highest BCUT2D eigenvalue weighted by atomic mass is 32.2. The zero-order chi connectivity index (χ0) is 23.2. The van der Waals surface area contributed by atoms with Crippen LogP contribution in [0.3, 0.4) is 0 Å². The second-order valence-electron chi connectivity index (χ2n) is 7.86. The molecule has 0 aliphatic rings. The number of hydrogen-bond donors (Lipinski definition) is 1. The Kier molecular flexibility index (Phi) is 7.19. The molecular formula is C26H26N4O2S. The molecule has 1 atom stereocenters.